The maximum Gasteiger partial charge on any atom is 0.243 e. The van der Waals surface area contributed by atoms with Crippen molar-refractivity contribution in [3.63, 3.8) is 0 Å². The standard InChI is InChI=1S/C19H27FN2O3S/c20-16-1-3-18(4-2-16)26(23,24)22-9-7-19(8-10-22)6-5-17(15-19)21-11-13-25-14-12-21/h1-4,17H,5-15H2. The van der Waals surface area contributed by atoms with E-state index in [1.165, 1.54) is 43.5 Å². The van der Waals surface area contributed by atoms with E-state index in [-0.39, 0.29) is 10.3 Å². The van der Waals surface area contributed by atoms with Crippen molar-refractivity contribution in [1.82, 2.24) is 9.21 Å². The Morgan fingerprint density at radius 2 is 1.65 bits per heavy atom. The van der Waals surface area contributed by atoms with Crippen LogP contribution in [0.1, 0.15) is 32.1 Å². The zero-order valence-electron chi connectivity index (χ0n) is 15.1. The molecule has 0 aromatic heterocycles. The first-order valence-corrected chi connectivity index (χ1v) is 11.0. The molecule has 7 heteroatoms. The van der Waals surface area contributed by atoms with Crippen molar-refractivity contribution < 1.29 is 17.5 Å². The van der Waals surface area contributed by atoms with Gasteiger partial charge in [0.1, 0.15) is 5.82 Å². The Hall–Kier alpha value is -1.02. The van der Waals surface area contributed by atoms with Gasteiger partial charge in [0.05, 0.1) is 18.1 Å². The van der Waals surface area contributed by atoms with Gasteiger partial charge in [-0.25, -0.2) is 12.8 Å². The van der Waals surface area contributed by atoms with E-state index in [9.17, 15) is 12.8 Å². The fourth-order valence-electron chi connectivity index (χ4n) is 4.84. The number of ether oxygens (including phenoxy) is 1. The summed E-state index contributed by atoms with van der Waals surface area (Å²) >= 11 is 0. The highest BCUT2D eigenvalue weighted by Crippen LogP contribution is 2.48. The molecule has 1 spiro atoms. The Morgan fingerprint density at radius 3 is 2.31 bits per heavy atom. The summed E-state index contributed by atoms with van der Waals surface area (Å²) in [4.78, 5) is 2.74. The number of sulfonamides is 1. The van der Waals surface area contributed by atoms with E-state index in [0.29, 0.717) is 19.1 Å². The molecule has 1 saturated carbocycles. The monoisotopic (exact) mass is 382 g/mol. The summed E-state index contributed by atoms with van der Waals surface area (Å²) in [7, 11) is -3.52. The van der Waals surface area contributed by atoms with Crippen molar-refractivity contribution >= 4 is 10.0 Å². The van der Waals surface area contributed by atoms with Crippen molar-refractivity contribution in [2.45, 2.75) is 43.0 Å². The first-order chi connectivity index (χ1) is 12.5. The number of hydrogen-bond donors (Lipinski definition) is 0. The minimum Gasteiger partial charge on any atom is -0.379 e. The summed E-state index contributed by atoms with van der Waals surface area (Å²) in [5.41, 5.74) is 0.289. The Labute approximate surface area is 155 Å². The van der Waals surface area contributed by atoms with E-state index in [1.807, 2.05) is 0 Å². The van der Waals surface area contributed by atoms with Crippen molar-refractivity contribution in [1.29, 1.82) is 0 Å². The zero-order valence-corrected chi connectivity index (χ0v) is 15.9. The molecule has 2 saturated heterocycles. The number of benzene rings is 1. The highest BCUT2D eigenvalue weighted by atomic mass is 32.2. The van der Waals surface area contributed by atoms with Gasteiger partial charge in [-0.3, -0.25) is 4.90 Å². The van der Waals surface area contributed by atoms with Gasteiger partial charge in [-0.05, 0) is 61.8 Å². The van der Waals surface area contributed by atoms with Gasteiger partial charge in [-0.1, -0.05) is 0 Å². The van der Waals surface area contributed by atoms with E-state index >= 15 is 0 Å². The van der Waals surface area contributed by atoms with Crippen molar-refractivity contribution in [2.75, 3.05) is 39.4 Å². The Balaban J connectivity index is 1.39. The van der Waals surface area contributed by atoms with Crippen LogP contribution in [0.15, 0.2) is 29.2 Å². The Morgan fingerprint density at radius 1 is 1.00 bits per heavy atom. The number of nitrogens with zero attached hydrogens (tertiary/aromatic N) is 2. The fraction of sp³-hybridized carbons (Fsp3) is 0.684. The molecule has 1 aromatic carbocycles. The van der Waals surface area contributed by atoms with Crippen LogP contribution < -0.4 is 0 Å². The van der Waals surface area contributed by atoms with E-state index in [4.69, 9.17) is 4.74 Å². The maximum absolute atomic E-state index is 13.1. The van der Waals surface area contributed by atoms with Crippen LogP contribution in [0.3, 0.4) is 0 Å². The third-order valence-electron chi connectivity index (χ3n) is 6.47. The molecule has 2 aliphatic heterocycles. The molecule has 1 atom stereocenters. The molecule has 5 nitrogen and oxygen atoms in total. The fourth-order valence-corrected chi connectivity index (χ4v) is 6.28. The van der Waals surface area contributed by atoms with Crippen LogP contribution in [-0.2, 0) is 14.8 Å². The molecular formula is C19H27FN2O3S. The second kappa shape index (κ2) is 7.19. The van der Waals surface area contributed by atoms with Crippen LogP contribution in [0, 0.1) is 11.2 Å². The average Bonchev–Trinajstić information content (AvgIpc) is 3.07. The summed E-state index contributed by atoms with van der Waals surface area (Å²) in [6, 6.07) is 5.77. The lowest BCUT2D eigenvalue weighted by molar-refractivity contribution is 0.0137. The number of rotatable bonds is 3. The van der Waals surface area contributed by atoms with Gasteiger partial charge in [0, 0.05) is 32.2 Å². The SMILES string of the molecule is O=S(=O)(c1ccc(F)cc1)N1CCC2(CCC(N3CCOCC3)C2)CC1. The maximum atomic E-state index is 13.1. The molecule has 26 heavy (non-hydrogen) atoms. The van der Waals surface area contributed by atoms with E-state index in [1.54, 1.807) is 4.31 Å². The molecule has 3 fully saturated rings. The molecule has 4 rings (SSSR count). The van der Waals surface area contributed by atoms with Crippen molar-refractivity contribution in [2.24, 2.45) is 5.41 Å². The average molecular weight is 383 g/mol. The van der Waals surface area contributed by atoms with Gasteiger partial charge < -0.3 is 4.74 Å². The molecule has 3 aliphatic rings. The molecule has 1 aromatic rings. The summed E-state index contributed by atoms with van der Waals surface area (Å²) in [5.74, 6) is -0.415. The molecule has 1 aliphatic carbocycles. The summed E-state index contributed by atoms with van der Waals surface area (Å²) < 4.78 is 45.7. The van der Waals surface area contributed by atoms with Crippen LogP contribution in [0.5, 0.6) is 0 Å². The number of morpholine rings is 1. The molecule has 2 heterocycles. The molecule has 0 N–H and O–H groups in total. The third kappa shape index (κ3) is 3.54. The smallest absolute Gasteiger partial charge is 0.243 e. The molecule has 0 amide bonds. The summed E-state index contributed by atoms with van der Waals surface area (Å²) in [5, 5.41) is 0. The molecular weight excluding hydrogens is 355 g/mol. The van der Waals surface area contributed by atoms with Crippen molar-refractivity contribution in [3.8, 4) is 0 Å². The van der Waals surface area contributed by atoms with Crippen LogP contribution in [0.4, 0.5) is 4.39 Å². The summed E-state index contributed by atoms with van der Waals surface area (Å²) in [6.07, 6.45) is 5.43. The van der Waals surface area contributed by atoms with Crippen LogP contribution in [-0.4, -0.2) is 63.1 Å². The van der Waals surface area contributed by atoms with Gasteiger partial charge in [-0.2, -0.15) is 4.31 Å². The first kappa shape index (κ1) is 18.3. The second-order valence-electron chi connectivity index (χ2n) is 7.90. The first-order valence-electron chi connectivity index (χ1n) is 9.56. The molecule has 0 radical (unpaired) electrons. The Bertz CT molecular complexity index is 724. The lowest BCUT2D eigenvalue weighted by atomic mass is 9.77. The van der Waals surface area contributed by atoms with E-state index in [2.05, 4.69) is 4.90 Å². The molecule has 1 unspecified atom stereocenters. The van der Waals surface area contributed by atoms with E-state index in [0.717, 1.165) is 39.1 Å². The number of piperidine rings is 1. The van der Waals surface area contributed by atoms with Crippen LogP contribution >= 0.6 is 0 Å². The predicted octanol–water partition coefficient (Wildman–Crippen LogP) is 2.48. The Kier molecular flexibility index (Phi) is 5.07. The van der Waals surface area contributed by atoms with Crippen LogP contribution in [0.25, 0.3) is 0 Å². The van der Waals surface area contributed by atoms with Gasteiger partial charge >= 0.3 is 0 Å². The van der Waals surface area contributed by atoms with Gasteiger partial charge in [0.25, 0.3) is 0 Å². The quantitative estimate of drug-likeness (QED) is 0.806. The van der Waals surface area contributed by atoms with Crippen LogP contribution in [0.2, 0.25) is 0 Å². The number of halogens is 1. The predicted molar refractivity (Wildman–Crippen MR) is 96.9 cm³/mol. The van der Waals surface area contributed by atoms with Gasteiger partial charge in [-0.15, -0.1) is 0 Å². The third-order valence-corrected chi connectivity index (χ3v) is 8.39. The lowest BCUT2D eigenvalue weighted by Gasteiger charge is -2.40. The highest BCUT2D eigenvalue weighted by Gasteiger charge is 2.44. The topological polar surface area (TPSA) is 49.9 Å². The molecule has 0 bridgehead atoms. The van der Waals surface area contributed by atoms with Gasteiger partial charge in [0.15, 0.2) is 0 Å². The molecule has 144 valence electrons. The van der Waals surface area contributed by atoms with Crippen molar-refractivity contribution in [3.05, 3.63) is 30.1 Å². The normalized spacial score (nSPS) is 27.8. The highest BCUT2D eigenvalue weighted by molar-refractivity contribution is 7.89. The second-order valence-corrected chi connectivity index (χ2v) is 9.84. The minimum atomic E-state index is -3.52. The van der Waals surface area contributed by atoms with E-state index < -0.39 is 15.8 Å². The number of hydrogen-bond acceptors (Lipinski definition) is 4. The minimum absolute atomic E-state index is 0.187. The summed E-state index contributed by atoms with van der Waals surface area (Å²) in [6.45, 7) is 4.82. The lowest BCUT2D eigenvalue weighted by Crippen LogP contribution is -2.45. The van der Waals surface area contributed by atoms with Gasteiger partial charge in [0.2, 0.25) is 10.0 Å². The zero-order chi connectivity index (χ0) is 18.2. The largest absolute Gasteiger partial charge is 0.379 e.